The van der Waals surface area contributed by atoms with E-state index in [2.05, 4.69) is 19.2 Å². The maximum Gasteiger partial charge on any atom is 0.258 e. The summed E-state index contributed by atoms with van der Waals surface area (Å²) in [4.78, 5) is 12.4. The van der Waals surface area contributed by atoms with Crippen LogP contribution in [0.3, 0.4) is 0 Å². The molecule has 0 aliphatic rings. The summed E-state index contributed by atoms with van der Waals surface area (Å²) in [6.07, 6.45) is 0. The van der Waals surface area contributed by atoms with Crippen molar-refractivity contribution in [3.63, 3.8) is 0 Å². The summed E-state index contributed by atoms with van der Waals surface area (Å²) in [5.74, 6) is 0.0157. The van der Waals surface area contributed by atoms with E-state index in [0.717, 1.165) is 11.3 Å². The SMILES string of the molecule is CC(C)c1ccccc1NC(=O)c1c(Cl)cccc1Cl. The maximum absolute atomic E-state index is 12.4. The lowest BCUT2D eigenvalue weighted by Crippen LogP contribution is -2.14. The molecule has 0 atom stereocenters. The van der Waals surface area contributed by atoms with Crippen LogP contribution in [0.25, 0.3) is 0 Å². The molecule has 0 spiro atoms. The van der Waals surface area contributed by atoms with Gasteiger partial charge in [0.05, 0.1) is 15.6 Å². The molecule has 0 aliphatic carbocycles. The van der Waals surface area contributed by atoms with Gasteiger partial charge in [-0.05, 0) is 29.7 Å². The molecule has 2 aromatic rings. The van der Waals surface area contributed by atoms with E-state index >= 15 is 0 Å². The van der Waals surface area contributed by atoms with E-state index in [-0.39, 0.29) is 5.91 Å². The topological polar surface area (TPSA) is 29.1 Å². The molecule has 0 fully saturated rings. The molecule has 0 aromatic heterocycles. The van der Waals surface area contributed by atoms with Crippen molar-refractivity contribution in [1.29, 1.82) is 0 Å². The van der Waals surface area contributed by atoms with Crippen LogP contribution in [0.4, 0.5) is 5.69 Å². The summed E-state index contributed by atoms with van der Waals surface area (Å²) in [6, 6.07) is 12.7. The number of carbonyl (C=O) groups is 1. The monoisotopic (exact) mass is 307 g/mol. The Kier molecular flexibility index (Phi) is 4.69. The van der Waals surface area contributed by atoms with Crippen LogP contribution in [0.15, 0.2) is 42.5 Å². The van der Waals surface area contributed by atoms with E-state index in [1.165, 1.54) is 0 Å². The number of nitrogens with one attached hydrogen (secondary N) is 1. The third kappa shape index (κ3) is 3.14. The maximum atomic E-state index is 12.4. The van der Waals surface area contributed by atoms with Gasteiger partial charge in [0.15, 0.2) is 0 Å². The van der Waals surface area contributed by atoms with Crippen molar-refractivity contribution < 1.29 is 4.79 Å². The predicted octanol–water partition coefficient (Wildman–Crippen LogP) is 5.37. The molecule has 1 N–H and O–H groups in total. The lowest BCUT2D eigenvalue weighted by atomic mass is 10.0. The molecule has 0 bridgehead atoms. The zero-order chi connectivity index (χ0) is 14.7. The molecule has 0 saturated carbocycles. The number of carbonyl (C=O) groups excluding carboxylic acids is 1. The first-order valence-corrected chi connectivity index (χ1v) is 7.10. The highest BCUT2D eigenvalue weighted by atomic mass is 35.5. The Labute approximate surface area is 128 Å². The third-order valence-electron chi connectivity index (χ3n) is 3.02. The first kappa shape index (κ1) is 14.9. The van der Waals surface area contributed by atoms with Crippen molar-refractivity contribution in [2.75, 3.05) is 5.32 Å². The summed E-state index contributed by atoms with van der Waals surface area (Å²) in [6.45, 7) is 4.15. The van der Waals surface area contributed by atoms with Gasteiger partial charge in [-0.2, -0.15) is 0 Å². The van der Waals surface area contributed by atoms with Gasteiger partial charge in [0, 0.05) is 5.69 Å². The fraction of sp³-hybridized carbons (Fsp3) is 0.188. The minimum absolute atomic E-state index is 0.297. The molecule has 1 amide bonds. The van der Waals surface area contributed by atoms with Gasteiger partial charge in [-0.1, -0.05) is 61.3 Å². The average Bonchev–Trinajstić information content (AvgIpc) is 2.38. The van der Waals surface area contributed by atoms with E-state index < -0.39 is 0 Å². The molecule has 0 heterocycles. The quantitative estimate of drug-likeness (QED) is 0.811. The second-order valence-corrected chi connectivity index (χ2v) is 5.61. The Bertz CT molecular complexity index is 618. The molecule has 2 aromatic carbocycles. The first-order valence-electron chi connectivity index (χ1n) is 6.35. The van der Waals surface area contributed by atoms with Crippen molar-refractivity contribution in [3.05, 3.63) is 63.6 Å². The van der Waals surface area contributed by atoms with E-state index in [0.29, 0.717) is 21.5 Å². The van der Waals surface area contributed by atoms with Crippen molar-refractivity contribution in [2.45, 2.75) is 19.8 Å². The number of hydrogen-bond acceptors (Lipinski definition) is 1. The van der Waals surface area contributed by atoms with Crippen LogP contribution < -0.4 is 5.32 Å². The Morgan fingerprint density at radius 2 is 1.60 bits per heavy atom. The minimum Gasteiger partial charge on any atom is -0.322 e. The zero-order valence-electron chi connectivity index (χ0n) is 11.3. The summed E-state index contributed by atoms with van der Waals surface area (Å²) in [5, 5.41) is 3.57. The van der Waals surface area contributed by atoms with Crippen molar-refractivity contribution in [1.82, 2.24) is 0 Å². The second kappa shape index (κ2) is 6.29. The molecule has 2 rings (SSSR count). The van der Waals surface area contributed by atoms with Gasteiger partial charge in [0.25, 0.3) is 5.91 Å². The third-order valence-corrected chi connectivity index (χ3v) is 3.65. The number of rotatable bonds is 3. The Morgan fingerprint density at radius 3 is 2.20 bits per heavy atom. The molecule has 0 unspecified atom stereocenters. The number of halogens is 2. The summed E-state index contributed by atoms with van der Waals surface area (Å²) in [7, 11) is 0. The van der Waals surface area contributed by atoms with Gasteiger partial charge >= 0.3 is 0 Å². The van der Waals surface area contributed by atoms with Crippen molar-refractivity contribution >= 4 is 34.8 Å². The molecule has 0 radical (unpaired) electrons. The average molecular weight is 308 g/mol. The van der Waals surface area contributed by atoms with E-state index in [1.807, 2.05) is 24.3 Å². The normalized spacial score (nSPS) is 10.7. The summed E-state index contributed by atoms with van der Waals surface area (Å²) < 4.78 is 0. The molecule has 2 nitrogen and oxygen atoms in total. The highest BCUT2D eigenvalue weighted by molar-refractivity contribution is 6.40. The molecule has 4 heteroatoms. The Hall–Kier alpha value is -1.51. The van der Waals surface area contributed by atoms with Crippen LogP contribution in [-0.4, -0.2) is 5.91 Å². The number of hydrogen-bond donors (Lipinski definition) is 1. The van der Waals surface area contributed by atoms with Gasteiger partial charge in [-0.25, -0.2) is 0 Å². The summed E-state index contributed by atoms with van der Waals surface area (Å²) >= 11 is 12.1. The Morgan fingerprint density at radius 1 is 1.00 bits per heavy atom. The first-order chi connectivity index (χ1) is 9.50. The predicted molar refractivity (Wildman–Crippen MR) is 84.9 cm³/mol. The number of amides is 1. The van der Waals surface area contributed by atoms with Crippen LogP contribution in [-0.2, 0) is 0 Å². The fourth-order valence-electron chi connectivity index (χ4n) is 2.01. The molecule has 0 saturated heterocycles. The van der Waals surface area contributed by atoms with Crippen LogP contribution in [0, 0.1) is 0 Å². The van der Waals surface area contributed by atoms with Crippen LogP contribution in [0.1, 0.15) is 35.7 Å². The van der Waals surface area contributed by atoms with E-state index in [4.69, 9.17) is 23.2 Å². The molecular weight excluding hydrogens is 293 g/mol. The van der Waals surface area contributed by atoms with Gasteiger partial charge in [-0.3, -0.25) is 4.79 Å². The van der Waals surface area contributed by atoms with Crippen LogP contribution in [0.2, 0.25) is 10.0 Å². The molecule has 20 heavy (non-hydrogen) atoms. The number of anilines is 1. The lowest BCUT2D eigenvalue weighted by molar-refractivity contribution is 0.102. The van der Waals surface area contributed by atoms with Gasteiger partial charge in [0.1, 0.15) is 0 Å². The molecular formula is C16H15Cl2NO. The lowest BCUT2D eigenvalue weighted by Gasteiger charge is -2.14. The standard InChI is InChI=1S/C16H15Cl2NO/c1-10(2)11-6-3-4-9-14(11)19-16(20)15-12(17)7-5-8-13(15)18/h3-10H,1-2H3,(H,19,20). The largest absolute Gasteiger partial charge is 0.322 e. The smallest absolute Gasteiger partial charge is 0.258 e. The van der Waals surface area contributed by atoms with Crippen LogP contribution >= 0.6 is 23.2 Å². The Balaban J connectivity index is 2.33. The van der Waals surface area contributed by atoms with E-state index in [9.17, 15) is 4.79 Å². The molecule has 104 valence electrons. The van der Waals surface area contributed by atoms with Gasteiger partial charge in [-0.15, -0.1) is 0 Å². The zero-order valence-corrected chi connectivity index (χ0v) is 12.8. The minimum atomic E-state index is -0.297. The van der Waals surface area contributed by atoms with Crippen LogP contribution in [0.5, 0.6) is 0 Å². The van der Waals surface area contributed by atoms with Gasteiger partial charge < -0.3 is 5.32 Å². The summed E-state index contributed by atoms with van der Waals surface area (Å²) in [5.41, 5.74) is 2.15. The highest BCUT2D eigenvalue weighted by Crippen LogP contribution is 2.28. The number of benzene rings is 2. The van der Waals surface area contributed by atoms with Gasteiger partial charge in [0.2, 0.25) is 0 Å². The van der Waals surface area contributed by atoms with E-state index in [1.54, 1.807) is 18.2 Å². The second-order valence-electron chi connectivity index (χ2n) is 4.79. The van der Waals surface area contributed by atoms with Crippen molar-refractivity contribution in [2.24, 2.45) is 0 Å². The molecule has 0 aliphatic heterocycles. The van der Waals surface area contributed by atoms with Crippen molar-refractivity contribution in [3.8, 4) is 0 Å². The number of para-hydroxylation sites is 1. The highest BCUT2D eigenvalue weighted by Gasteiger charge is 2.16. The fourth-order valence-corrected chi connectivity index (χ4v) is 2.58.